The van der Waals surface area contributed by atoms with Crippen LogP contribution in [0.2, 0.25) is 0 Å². The highest BCUT2D eigenvalue weighted by molar-refractivity contribution is 5.97. The molecular formula is C19H26N2O5. The van der Waals surface area contributed by atoms with Gasteiger partial charge >= 0.3 is 5.97 Å². The summed E-state index contributed by atoms with van der Waals surface area (Å²) in [6.07, 6.45) is 0.443. The van der Waals surface area contributed by atoms with Gasteiger partial charge in [-0.1, -0.05) is 13.8 Å². The predicted molar refractivity (Wildman–Crippen MR) is 96.0 cm³/mol. The summed E-state index contributed by atoms with van der Waals surface area (Å²) < 4.78 is 5.35. The highest BCUT2D eigenvalue weighted by Gasteiger charge is 2.35. The number of hydrogen-bond acceptors (Lipinski definition) is 4. The van der Waals surface area contributed by atoms with Crippen molar-refractivity contribution in [2.24, 2.45) is 11.8 Å². The van der Waals surface area contributed by atoms with Gasteiger partial charge in [-0.2, -0.15) is 0 Å². The van der Waals surface area contributed by atoms with E-state index in [1.165, 1.54) is 4.90 Å². The third kappa shape index (κ3) is 4.74. The lowest BCUT2D eigenvalue weighted by Gasteiger charge is -2.27. The van der Waals surface area contributed by atoms with Crippen LogP contribution in [0.15, 0.2) is 24.3 Å². The molecule has 0 aliphatic carbocycles. The molecule has 7 nitrogen and oxygen atoms in total. The van der Waals surface area contributed by atoms with Crippen molar-refractivity contribution in [1.29, 1.82) is 0 Å². The largest absolute Gasteiger partial charge is 0.494 e. The molecule has 1 aliphatic heterocycles. The Morgan fingerprint density at radius 3 is 2.42 bits per heavy atom. The summed E-state index contributed by atoms with van der Waals surface area (Å²) >= 11 is 0. The first-order valence-corrected chi connectivity index (χ1v) is 8.88. The number of likely N-dealkylation sites (tertiary alicyclic amines) is 1. The molecule has 1 fully saturated rings. The van der Waals surface area contributed by atoms with E-state index in [1.54, 1.807) is 24.3 Å². The first kappa shape index (κ1) is 19.8. The van der Waals surface area contributed by atoms with Gasteiger partial charge in [0.05, 0.1) is 12.5 Å². The van der Waals surface area contributed by atoms with E-state index in [9.17, 15) is 14.4 Å². The van der Waals surface area contributed by atoms with Crippen LogP contribution in [0.5, 0.6) is 5.75 Å². The molecule has 0 radical (unpaired) electrons. The fraction of sp³-hybridized carbons (Fsp3) is 0.526. The molecule has 2 unspecified atom stereocenters. The maximum absolute atomic E-state index is 12.8. The number of rotatable bonds is 7. The van der Waals surface area contributed by atoms with Gasteiger partial charge in [-0.05, 0) is 43.5 Å². The van der Waals surface area contributed by atoms with Crippen LogP contribution in [-0.4, -0.2) is 53.5 Å². The third-order valence-corrected chi connectivity index (χ3v) is 4.50. The van der Waals surface area contributed by atoms with Gasteiger partial charge in [0.15, 0.2) is 0 Å². The summed E-state index contributed by atoms with van der Waals surface area (Å²) in [5, 5.41) is 11.9. The van der Waals surface area contributed by atoms with E-state index in [0.29, 0.717) is 30.9 Å². The summed E-state index contributed by atoms with van der Waals surface area (Å²) in [6, 6.07) is 6.03. The van der Waals surface area contributed by atoms with Crippen LogP contribution in [0, 0.1) is 11.8 Å². The maximum Gasteiger partial charge on any atom is 0.308 e. The Morgan fingerprint density at radius 2 is 1.92 bits per heavy atom. The molecule has 1 saturated heterocycles. The molecule has 1 aliphatic rings. The Morgan fingerprint density at radius 1 is 1.27 bits per heavy atom. The molecule has 0 spiro atoms. The van der Waals surface area contributed by atoms with Crippen molar-refractivity contribution in [2.75, 3.05) is 19.7 Å². The molecule has 0 aromatic heterocycles. The van der Waals surface area contributed by atoms with E-state index >= 15 is 0 Å². The Bertz CT molecular complexity index is 656. The second kappa shape index (κ2) is 8.69. The van der Waals surface area contributed by atoms with Gasteiger partial charge in [-0.3, -0.25) is 14.4 Å². The number of hydrogen-bond donors (Lipinski definition) is 2. The molecule has 0 bridgehead atoms. The number of benzene rings is 1. The number of carboxylic acid groups (broad SMARTS) is 1. The van der Waals surface area contributed by atoms with Gasteiger partial charge < -0.3 is 20.1 Å². The highest BCUT2D eigenvalue weighted by Crippen LogP contribution is 2.19. The molecule has 1 aromatic carbocycles. The van der Waals surface area contributed by atoms with Gasteiger partial charge in [-0.15, -0.1) is 0 Å². The molecule has 2 N–H and O–H groups in total. The summed E-state index contributed by atoms with van der Waals surface area (Å²) in [6.45, 7) is 6.72. The minimum atomic E-state index is -0.889. The molecule has 26 heavy (non-hydrogen) atoms. The van der Waals surface area contributed by atoms with Gasteiger partial charge in [0.2, 0.25) is 5.91 Å². The number of ether oxygens (including phenoxy) is 1. The standard InChI is InChI=1S/C19H26N2O5/c1-4-26-15-7-5-13(6-8-15)17(22)20-16(12(2)3)18(23)21-10-9-14(11-21)19(24)25/h5-8,12,14,16H,4,9-11H2,1-3H3,(H,20,22)(H,24,25). The molecule has 1 aromatic rings. The van der Waals surface area contributed by atoms with Crippen LogP contribution in [0.1, 0.15) is 37.6 Å². The van der Waals surface area contributed by atoms with Crippen LogP contribution in [-0.2, 0) is 9.59 Å². The van der Waals surface area contributed by atoms with E-state index < -0.39 is 17.9 Å². The van der Waals surface area contributed by atoms with Crippen LogP contribution < -0.4 is 10.1 Å². The molecule has 7 heteroatoms. The summed E-state index contributed by atoms with van der Waals surface area (Å²) in [5.74, 6) is -1.43. The zero-order valence-corrected chi connectivity index (χ0v) is 15.4. The third-order valence-electron chi connectivity index (χ3n) is 4.50. The zero-order chi connectivity index (χ0) is 19.3. The molecular weight excluding hydrogens is 336 g/mol. The summed E-state index contributed by atoms with van der Waals surface area (Å²) in [5.41, 5.74) is 0.441. The molecule has 142 valence electrons. The van der Waals surface area contributed by atoms with Crippen LogP contribution >= 0.6 is 0 Å². The van der Waals surface area contributed by atoms with Gasteiger partial charge in [0.1, 0.15) is 11.8 Å². The SMILES string of the molecule is CCOc1ccc(C(=O)NC(C(=O)N2CCC(C(=O)O)C2)C(C)C)cc1. The molecule has 2 atom stereocenters. The van der Waals surface area contributed by atoms with Crippen molar-refractivity contribution < 1.29 is 24.2 Å². The molecule has 2 rings (SSSR count). The van der Waals surface area contributed by atoms with Crippen molar-refractivity contribution in [2.45, 2.75) is 33.2 Å². The second-order valence-corrected chi connectivity index (χ2v) is 6.76. The fourth-order valence-electron chi connectivity index (χ4n) is 2.97. The molecule has 1 heterocycles. The number of carboxylic acids is 1. The Hall–Kier alpha value is -2.57. The molecule has 0 saturated carbocycles. The summed E-state index contributed by atoms with van der Waals surface area (Å²) in [4.78, 5) is 37.9. The normalized spacial score (nSPS) is 17.8. The van der Waals surface area contributed by atoms with Crippen molar-refractivity contribution >= 4 is 17.8 Å². The van der Waals surface area contributed by atoms with E-state index in [2.05, 4.69) is 5.32 Å². The average molecular weight is 362 g/mol. The van der Waals surface area contributed by atoms with Crippen molar-refractivity contribution in [1.82, 2.24) is 10.2 Å². The number of amides is 2. The number of carbonyl (C=O) groups is 3. The minimum Gasteiger partial charge on any atom is -0.494 e. The number of carbonyl (C=O) groups excluding carboxylic acids is 2. The smallest absolute Gasteiger partial charge is 0.308 e. The molecule has 2 amide bonds. The quantitative estimate of drug-likeness (QED) is 0.771. The Balaban J connectivity index is 2.04. The monoisotopic (exact) mass is 362 g/mol. The Labute approximate surface area is 153 Å². The summed E-state index contributed by atoms with van der Waals surface area (Å²) in [7, 11) is 0. The lowest BCUT2D eigenvalue weighted by molar-refractivity contribution is -0.141. The van der Waals surface area contributed by atoms with Gasteiger partial charge in [0.25, 0.3) is 5.91 Å². The van der Waals surface area contributed by atoms with E-state index in [4.69, 9.17) is 9.84 Å². The van der Waals surface area contributed by atoms with Crippen molar-refractivity contribution in [3.8, 4) is 5.75 Å². The number of aliphatic carboxylic acids is 1. The average Bonchev–Trinajstić information content (AvgIpc) is 3.10. The van der Waals surface area contributed by atoms with Crippen molar-refractivity contribution in [3.63, 3.8) is 0 Å². The van der Waals surface area contributed by atoms with E-state index in [-0.39, 0.29) is 24.3 Å². The highest BCUT2D eigenvalue weighted by atomic mass is 16.5. The number of nitrogens with one attached hydrogen (secondary N) is 1. The van der Waals surface area contributed by atoms with Crippen molar-refractivity contribution in [3.05, 3.63) is 29.8 Å². The minimum absolute atomic E-state index is 0.113. The fourth-order valence-corrected chi connectivity index (χ4v) is 2.97. The van der Waals surface area contributed by atoms with Gasteiger partial charge in [0, 0.05) is 18.7 Å². The first-order chi connectivity index (χ1) is 12.3. The maximum atomic E-state index is 12.8. The first-order valence-electron chi connectivity index (χ1n) is 8.88. The lowest BCUT2D eigenvalue weighted by atomic mass is 10.0. The van der Waals surface area contributed by atoms with Crippen LogP contribution in [0.25, 0.3) is 0 Å². The van der Waals surface area contributed by atoms with Crippen LogP contribution in [0.3, 0.4) is 0 Å². The Kier molecular flexibility index (Phi) is 6.60. The topological polar surface area (TPSA) is 95.9 Å². The van der Waals surface area contributed by atoms with Gasteiger partial charge in [-0.25, -0.2) is 0 Å². The number of nitrogens with zero attached hydrogens (tertiary/aromatic N) is 1. The van der Waals surface area contributed by atoms with Crippen LogP contribution in [0.4, 0.5) is 0 Å². The lowest BCUT2D eigenvalue weighted by Crippen LogP contribution is -2.50. The second-order valence-electron chi connectivity index (χ2n) is 6.76. The predicted octanol–water partition coefficient (Wildman–Crippen LogP) is 1.77. The van der Waals surface area contributed by atoms with E-state index in [0.717, 1.165) is 0 Å². The van der Waals surface area contributed by atoms with E-state index in [1.807, 2.05) is 20.8 Å². The zero-order valence-electron chi connectivity index (χ0n) is 15.4.